The molecule has 2 aromatic rings. The summed E-state index contributed by atoms with van der Waals surface area (Å²) in [6.45, 7) is 0.271. The van der Waals surface area contributed by atoms with Gasteiger partial charge in [-0.3, -0.25) is 0 Å². The van der Waals surface area contributed by atoms with Gasteiger partial charge in [-0.15, -0.1) is 0 Å². The molecule has 0 aromatic heterocycles. The van der Waals surface area contributed by atoms with Gasteiger partial charge in [0, 0.05) is 6.08 Å². The van der Waals surface area contributed by atoms with E-state index in [2.05, 4.69) is 0 Å². The number of esters is 1. The summed E-state index contributed by atoms with van der Waals surface area (Å²) in [7, 11) is 0. The third-order valence-electron chi connectivity index (χ3n) is 2.64. The molecular weight excluding hydrogens is 248 g/mol. The molecule has 0 radical (unpaired) electrons. The number of hydrogen-bond donors (Lipinski definition) is 0. The van der Waals surface area contributed by atoms with Gasteiger partial charge in [0.15, 0.2) is 0 Å². The van der Waals surface area contributed by atoms with Crippen LogP contribution in [0.1, 0.15) is 11.1 Å². The van der Waals surface area contributed by atoms with Crippen molar-refractivity contribution < 1.29 is 9.53 Å². The summed E-state index contributed by atoms with van der Waals surface area (Å²) in [6.07, 6.45) is 6.92. The second-order valence-electron chi connectivity index (χ2n) is 4.19. The molecule has 2 heteroatoms. The average Bonchev–Trinajstić information content (AvgIpc) is 2.52. The van der Waals surface area contributed by atoms with Gasteiger partial charge in [-0.2, -0.15) is 0 Å². The maximum atomic E-state index is 11.5. The van der Waals surface area contributed by atoms with Gasteiger partial charge in [-0.25, -0.2) is 4.79 Å². The standard InChI is InChI=1S/C18H16O2/c19-18(14-13-17-10-5-2-6-11-17)20-15-7-12-16-8-3-1-4-9-16/h1-14H,15H2/b12-7?,14-13+. The first kappa shape index (κ1) is 13.8. The van der Waals surface area contributed by atoms with Crippen LogP contribution >= 0.6 is 0 Å². The number of rotatable bonds is 5. The lowest BCUT2D eigenvalue weighted by Crippen LogP contribution is -1.99. The molecule has 20 heavy (non-hydrogen) atoms. The van der Waals surface area contributed by atoms with Crippen LogP contribution in [0.4, 0.5) is 0 Å². The van der Waals surface area contributed by atoms with E-state index in [9.17, 15) is 4.79 Å². The summed E-state index contributed by atoms with van der Waals surface area (Å²) in [5, 5.41) is 0. The van der Waals surface area contributed by atoms with Crippen LogP contribution in [0.25, 0.3) is 12.2 Å². The molecule has 2 aromatic carbocycles. The third-order valence-corrected chi connectivity index (χ3v) is 2.64. The van der Waals surface area contributed by atoms with Gasteiger partial charge in [0.1, 0.15) is 6.61 Å². The Morgan fingerprint density at radius 2 is 1.40 bits per heavy atom. The van der Waals surface area contributed by atoms with Crippen molar-refractivity contribution in [1.29, 1.82) is 0 Å². The summed E-state index contributed by atoms with van der Waals surface area (Å²) < 4.78 is 5.07. The van der Waals surface area contributed by atoms with Gasteiger partial charge in [-0.05, 0) is 23.3 Å². The van der Waals surface area contributed by atoms with Crippen molar-refractivity contribution >= 4 is 18.1 Å². The van der Waals surface area contributed by atoms with Crippen LogP contribution in [0.2, 0.25) is 0 Å². The molecule has 0 saturated carbocycles. The zero-order valence-corrected chi connectivity index (χ0v) is 11.1. The Bertz CT molecular complexity index is 583. The van der Waals surface area contributed by atoms with Crippen LogP contribution in [-0.2, 0) is 9.53 Å². The van der Waals surface area contributed by atoms with E-state index < -0.39 is 0 Å². The van der Waals surface area contributed by atoms with E-state index in [0.717, 1.165) is 11.1 Å². The number of carbonyl (C=O) groups excluding carboxylic acids is 1. The molecule has 0 aliphatic heterocycles. The van der Waals surface area contributed by atoms with Gasteiger partial charge in [0.2, 0.25) is 0 Å². The Labute approximate surface area is 119 Å². The lowest BCUT2D eigenvalue weighted by molar-refractivity contribution is -0.136. The lowest BCUT2D eigenvalue weighted by Gasteiger charge is -1.97. The predicted molar refractivity (Wildman–Crippen MR) is 81.9 cm³/mol. The second-order valence-corrected chi connectivity index (χ2v) is 4.19. The molecule has 0 spiro atoms. The van der Waals surface area contributed by atoms with Crippen molar-refractivity contribution in [3.8, 4) is 0 Å². The topological polar surface area (TPSA) is 26.3 Å². The lowest BCUT2D eigenvalue weighted by atomic mass is 10.2. The highest BCUT2D eigenvalue weighted by atomic mass is 16.5. The van der Waals surface area contributed by atoms with Crippen molar-refractivity contribution in [3.63, 3.8) is 0 Å². The molecule has 0 bridgehead atoms. The highest BCUT2D eigenvalue weighted by molar-refractivity contribution is 5.87. The highest BCUT2D eigenvalue weighted by Crippen LogP contribution is 2.02. The van der Waals surface area contributed by atoms with E-state index in [4.69, 9.17) is 4.74 Å². The van der Waals surface area contributed by atoms with Crippen molar-refractivity contribution in [2.75, 3.05) is 6.61 Å². The fourth-order valence-electron chi connectivity index (χ4n) is 1.66. The fraction of sp³-hybridized carbons (Fsp3) is 0.0556. The summed E-state index contributed by atoms with van der Waals surface area (Å²) in [6, 6.07) is 19.5. The summed E-state index contributed by atoms with van der Waals surface area (Å²) >= 11 is 0. The Morgan fingerprint density at radius 3 is 2.00 bits per heavy atom. The van der Waals surface area contributed by atoms with E-state index in [1.165, 1.54) is 6.08 Å². The Balaban J connectivity index is 1.76. The van der Waals surface area contributed by atoms with Crippen LogP contribution < -0.4 is 0 Å². The zero-order chi connectivity index (χ0) is 14.0. The van der Waals surface area contributed by atoms with Crippen molar-refractivity contribution in [3.05, 3.63) is 83.9 Å². The first-order valence-corrected chi connectivity index (χ1v) is 6.46. The molecular formula is C18H16O2. The first-order chi connectivity index (χ1) is 9.84. The minimum absolute atomic E-state index is 0.271. The van der Waals surface area contributed by atoms with E-state index >= 15 is 0 Å². The molecule has 0 amide bonds. The number of benzene rings is 2. The second kappa shape index (κ2) is 7.74. The van der Waals surface area contributed by atoms with E-state index in [0.29, 0.717) is 0 Å². The first-order valence-electron chi connectivity index (χ1n) is 6.46. The molecule has 2 rings (SSSR count). The quantitative estimate of drug-likeness (QED) is 0.603. The van der Waals surface area contributed by atoms with Crippen LogP contribution in [0.3, 0.4) is 0 Å². The maximum absolute atomic E-state index is 11.5. The largest absolute Gasteiger partial charge is 0.458 e. The Hall–Kier alpha value is -2.61. The van der Waals surface area contributed by atoms with Gasteiger partial charge < -0.3 is 4.74 Å². The maximum Gasteiger partial charge on any atom is 0.331 e. The minimum Gasteiger partial charge on any atom is -0.458 e. The monoisotopic (exact) mass is 264 g/mol. The molecule has 0 unspecified atom stereocenters. The molecule has 0 fully saturated rings. The van der Waals surface area contributed by atoms with Gasteiger partial charge in [0.25, 0.3) is 0 Å². The van der Waals surface area contributed by atoms with Gasteiger partial charge in [-0.1, -0.05) is 66.7 Å². The normalized spacial score (nSPS) is 11.0. The van der Waals surface area contributed by atoms with Crippen molar-refractivity contribution in [1.82, 2.24) is 0 Å². The van der Waals surface area contributed by atoms with Gasteiger partial charge in [0.05, 0.1) is 0 Å². The molecule has 0 N–H and O–H groups in total. The number of ether oxygens (including phenoxy) is 1. The Kier molecular flexibility index (Phi) is 5.35. The van der Waals surface area contributed by atoms with Crippen LogP contribution in [0, 0.1) is 0 Å². The molecule has 0 atom stereocenters. The zero-order valence-electron chi connectivity index (χ0n) is 11.1. The van der Waals surface area contributed by atoms with Crippen LogP contribution in [0.5, 0.6) is 0 Å². The molecule has 0 aliphatic rings. The minimum atomic E-state index is -0.341. The van der Waals surface area contributed by atoms with E-state index in [1.807, 2.05) is 72.8 Å². The molecule has 100 valence electrons. The number of carbonyl (C=O) groups is 1. The van der Waals surface area contributed by atoms with E-state index in [1.54, 1.807) is 6.08 Å². The molecule has 0 heterocycles. The van der Waals surface area contributed by atoms with E-state index in [-0.39, 0.29) is 12.6 Å². The molecule has 0 aliphatic carbocycles. The van der Waals surface area contributed by atoms with Gasteiger partial charge >= 0.3 is 5.97 Å². The average molecular weight is 264 g/mol. The smallest absolute Gasteiger partial charge is 0.331 e. The molecule has 0 saturated heterocycles. The SMILES string of the molecule is O=C(/C=C/c1ccccc1)OCC=Cc1ccccc1. The highest BCUT2D eigenvalue weighted by Gasteiger charge is 1.94. The summed E-state index contributed by atoms with van der Waals surface area (Å²) in [5.41, 5.74) is 2.06. The number of hydrogen-bond acceptors (Lipinski definition) is 2. The predicted octanol–water partition coefficient (Wildman–Crippen LogP) is 3.96. The third kappa shape index (κ3) is 4.94. The van der Waals surface area contributed by atoms with Crippen molar-refractivity contribution in [2.45, 2.75) is 0 Å². The van der Waals surface area contributed by atoms with Crippen LogP contribution in [0.15, 0.2) is 72.8 Å². The summed E-state index contributed by atoms with van der Waals surface area (Å²) in [5.74, 6) is -0.341. The van der Waals surface area contributed by atoms with Crippen molar-refractivity contribution in [2.24, 2.45) is 0 Å². The van der Waals surface area contributed by atoms with Crippen LogP contribution in [-0.4, -0.2) is 12.6 Å². The summed E-state index contributed by atoms with van der Waals surface area (Å²) in [4.78, 5) is 11.5. The molecule has 2 nitrogen and oxygen atoms in total. The fourth-order valence-corrected chi connectivity index (χ4v) is 1.66. The Morgan fingerprint density at radius 1 is 0.850 bits per heavy atom.